The van der Waals surface area contributed by atoms with Gasteiger partial charge in [0.05, 0.1) is 0 Å². The summed E-state index contributed by atoms with van der Waals surface area (Å²) < 4.78 is 0. The fourth-order valence-corrected chi connectivity index (χ4v) is 2.33. The minimum absolute atomic E-state index is 0.140. The predicted molar refractivity (Wildman–Crippen MR) is 98.4 cm³/mol. The minimum Gasteiger partial charge on any atom is -0.378 e. The number of aliphatic hydroxyl groups excluding tert-OH is 1. The molecule has 0 bridgehead atoms. The van der Waals surface area contributed by atoms with Crippen LogP contribution < -0.4 is 10.6 Å². The minimum atomic E-state index is -1.24. The van der Waals surface area contributed by atoms with Crippen molar-refractivity contribution < 1.29 is 14.7 Å². The van der Waals surface area contributed by atoms with E-state index in [0.29, 0.717) is 29.3 Å². The third-order valence-corrected chi connectivity index (χ3v) is 3.78. The Hall–Kier alpha value is -2.66. The molecule has 0 aliphatic carbocycles. The van der Waals surface area contributed by atoms with Crippen LogP contribution >= 0.6 is 0 Å². The smallest absolute Gasteiger partial charge is 0.257 e. The highest BCUT2D eigenvalue weighted by Gasteiger charge is 2.18. The quantitative estimate of drug-likeness (QED) is 0.756. The summed E-state index contributed by atoms with van der Waals surface area (Å²) in [7, 11) is 0. The third-order valence-electron chi connectivity index (χ3n) is 3.78. The molecule has 0 aliphatic rings. The van der Waals surface area contributed by atoms with Crippen molar-refractivity contribution >= 4 is 17.5 Å². The van der Waals surface area contributed by atoms with Crippen LogP contribution in [0.15, 0.2) is 48.5 Å². The molecule has 0 radical (unpaired) electrons. The third kappa shape index (κ3) is 5.16. The van der Waals surface area contributed by atoms with Crippen molar-refractivity contribution in [3.8, 4) is 0 Å². The molecule has 0 saturated carbocycles. The molecule has 2 aromatic carbocycles. The standard InChI is InChI=1S/C20H24N2O3/c1-13(2)12-21-19(24)16-9-10-17(14(3)11-16)22-20(25)18(23)15-7-5-4-6-8-15/h4-11,13,18,23H,12H2,1-3H3,(H,21,24)(H,22,25). The van der Waals surface area contributed by atoms with Crippen molar-refractivity contribution in [2.75, 3.05) is 11.9 Å². The summed E-state index contributed by atoms with van der Waals surface area (Å²) in [5.41, 5.74) is 2.40. The van der Waals surface area contributed by atoms with Gasteiger partial charge in [-0.2, -0.15) is 0 Å². The van der Waals surface area contributed by atoms with E-state index in [1.165, 1.54) is 0 Å². The van der Waals surface area contributed by atoms with Crippen molar-refractivity contribution in [1.82, 2.24) is 5.32 Å². The van der Waals surface area contributed by atoms with Gasteiger partial charge in [-0.15, -0.1) is 0 Å². The number of benzene rings is 2. The molecule has 2 amide bonds. The summed E-state index contributed by atoms with van der Waals surface area (Å²) in [6.45, 7) is 6.48. The highest BCUT2D eigenvalue weighted by Crippen LogP contribution is 2.20. The van der Waals surface area contributed by atoms with Gasteiger partial charge in [0.25, 0.3) is 11.8 Å². The Morgan fingerprint density at radius 3 is 2.36 bits per heavy atom. The zero-order chi connectivity index (χ0) is 18.4. The molecule has 132 valence electrons. The van der Waals surface area contributed by atoms with Crippen LogP contribution in [-0.4, -0.2) is 23.5 Å². The lowest BCUT2D eigenvalue weighted by molar-refractivity contribution is -0.124. The molecule has 25 heavy (non-hydrogen) atoms. The molecule has 0 fully saturated rings. The van der Waals surface area contributed by atoms with E-state index < -0.39 is 12.0 Å². The first-order valence-electron chi connectivity index (χ1n) is 8.31. The second-order valence-electron chi connectivity index (χ2n) is 6.44. The van der Waals surface area contributed by atoms with Crippen molar-refractivity contribution in [3.63, 3.8) is 0 Å². The molecule has 0 aliphatic heterocycles. The van der Waals surface area contributed by atoms with Crippen LogP contribution in [0.25, 0.3) is 0 Å². The van der Waals surface area contributed by atoms with Crippen LogP contribution in [0.4, 0.5) is 5.69 Å². The van der Waals surface area contributed by atoms with Crippen LogP contribution in [0.1, 0.15) is 41.4 Å². The Bertz CT molecular complexity index is 742. The Morgan fingerprint density at radius 1 is 1.08 bits per heavy atom. The Morgan fingerprint density at radius 2 is 1.76 bits per heavy atom. The molecule has 0 spiro atoms. The highest BCUT2D eigenvalue weighted by molar-refractivity contribution is 5.97. The lowest BCUT2D eigenvalue weighted by Crippen LogP contribution is -2.27. The summed E-state index contributed by atoms with van der Waals surface area (Å²) in [6.07, 6.45) is -1.24. The number of anilines is 1. The Kier molecular flexibility index (Phi) is 6.31. The second kappa shape index (κ2) is 8.44. The lowest BCUT2D eigenvalue weighted by Gasteiger charge is -2.14. The summed E-state index contributed by atoms with van der Waals surface area (Å²) in [5, 5.41) is 15.7. The average molecular weight is 340 g/mol. The molecular formula is C20H24N2O3. The molecule has 2 aromatic rings. The molecule has 2 rings (SSSR count). The van der Waals surface area contributed by atoms with Gasteiger partial charge < -0.3 is 15.7 Å². The van der Waals surface area contributed by atoms with Gasteiger partial charge in [0.2, 0.25) is 0 Å². The second-order valence-corrected chi connectivity index (χ2v) is 6.44. The normalized spacial score (nSPS) is 11.9. The predicted octanol–water partition coefficient (Wildman–Crippen LogP) is 3.05. The SMILES string of the molecule is Cc1cc(C(=O)NCC(C)C)ccc1NC(=O)C(O)c1ccccc1. The largest absolute Gasteiger partial charge is 0.378 e. The van der Waals surface area contributed by atoms with Crippen molar-refractivity contribution in [3.05, 3.63) is 65.2 Å². The van der Waals surface area contributed by atoms with Crippen LogP contribution in [0.2, 0.25) is 0 Å². The maximum atomic E-state index is 12.2. The van der Waals surface area contributed by atoms with Crippen LogP contribution in [0.5, 0.6) is 0 Å². The number of amides is 2. The van der Waals surface area contributed by atoms with Gasteiger partial charge in [-0.25, -0.2) is 0 Å². The topological polar surface area (TPSA) is 78.4 Å². The number of carbonyl (C=O) groups excluding carboxylic acids is 2. The molecule has 5 nitrogen and oxygen atoms in total. The number of rotatable bonds is 6. The Labute approximate surface area is 148 Å². The summed E-state index contributed by atoms with van der Waals surface area (Å²) in [6, 6.07) is 13.8. The van der Waals surface area contributed by atoms with E-state index in [1.807, 2.05) is 26.8 Å². The van der Waals surface area contributed by atoms with Crippen molar-refractivity contribution in [2.45, 2.75) is 26.9 Å². The summed E-state index contributed by atoms with van der Waals surface area (Å²) >= 11 is 0. The Balaban J connectivity index is 2.05. The fraction of sp³-hybridized carbons (Fsp3) is 0.300. The molecular weight excluding hydrogens is 316 g/mol. The first-order valence-corrected chi connectivity index (χ1v) is 8.31. The van der Waals surface area contributed by atoms with Gasteiger partial charge in [-0.05, 0) is 42.2 Å². The van der Waals surface area contributed by atoms with Gasteiger partial charge >= 0.3 is 0 Å². The van der Waals surface area contributed by atoms with E-state index in [-0.39, 0.29) is 5.91 Å². The number of nitrogens with one attached hydrogen (secondary N) is 2. The monoisotopic (exact) mass is 340 g/mol. The van der Waals surface area contributed by atoms with E-state index >= 15 is 0 Å². The van der Waals surface area contributed by atoms with Crippen LogP contribution in [0, 0.1) is 12.8 Å². The number of aliphatic hydroxyl groups is 1. The molecule has 0 aromatic heterocycles. The highest BCUT2D eigenvalue weighted by atomic mass is 16.3. The van der Waals surface area contributed by atoms with Gasteiger partial charge in [0.15, 0.2) is 6.10 Å². The number of hydrogen-bond acceptors (Lipinski definition) is 3. The van der Waals surface area contributed by atoms with E-state index in [0.717, 1.165) is 5.56 Å². The van der Waals surface area contributed by atoms with Crippen molar-refractivity contribution in [1.29, 1.82) is 0 Å². The van der Waals surface area contributed by atoms with E-state index in [1.54, 1.807) is 42.5 Å². The first kappa shape index (κ1) is 18.7. The van der Waals surface area contributed by atoms with Crippen LogP contribution in [-0.2, 0) is 4.79 Å². The van der Waals surface area contributed by atoms with Gasteiger partial charge in [0.1, 0.15) is 0 Å². The van der Waals surface area contributed by atoms with E-state index in [4.69, 9.17) is 0 Å². The van der Waals surface area contributed by atoms with Crippen molar-refractivity contribution in [2.24, 2.45) is 5.92 Å². The molecule has 3 N–H and O–H groups in total. The number of aryl methyl sites for hydroxylation is 1. The maximum absolute atomic E-state index is 12.2. The fourth-order valence-electron chi connectivity index (χ4n) is 2.33. The van der Waals surface area contributed by atoms with E-state index in [2.05, 4.69) is 10.6 Å². The maximum Gasteiger partial charge on any atom is 0.257 e. The van der Waals surface area contributed by atoms with Gasteiger partial charge in [-0.3, -0.25) is 9.59 Å². The summed E-state index contributed by atoms with van der Waals surface area (Å²) in [4.78, 5) is 24.3. The van der Waals surface area contributed by atoms with Gasteiger partial charge in [0, 0.05) is 17.8 Å². The number of hydrogen-bond donors (Lipinski definition) is 3. The van der Waals surface area contributed by atoms with Crippen LogP contribution in [0.3, 0.4) is 0 Å². The lowest BCUT2D eigenvalue weighted by atomic mass is 10.1. The molecule has 5 heteroatoms. The average Bonchev–Trinajstić information content (AvgIpc) is 2.61. The molecule has 0 saturated heterocycles. The molecule has 1 unspecified atom stereocenters. The zero-order valence-corrected chi connectivity index (χ0v) is 14.7. The van der Waals surface area contributed by atoms with Gasteiger partial charge in [-0.1, -0.05) is 44.2 Å². The first-order chi connectivity index (χ1) is 11.9. The summed E-state index contributed by atoms with van der Waals surface area (Å²) in [5.74, 6) is -0.270. The van der Waals surface area contributed by atoms with E-state index in [9.17, 15) is 14.7 Å². The number of carbonyl (C=O) groups is 2. The zero-order valence-electron chi connectivity index (χ0n) is 14.7. The molecule has 0 heterocycles. The molecule has 1 atom stereocenters.